The normalized spacial score (nSPS) is 19.5. The van der Waals surface area contributed by atoms with Gasteiger partial charge in [0.25, 0.3) is 0 Å². The van der Waals surface area contributed by atoms with Gasteiger partial charge in [0.1, 0.15) is 5.60 Å². The maximum atomic E-state index is 12.0. The molecule has 1 aromatic carbocycles. The third-order valence-electron chi connectivity index (χ3n) is 3.60. The number of rotatable bonds is 3. The van der Waals surface area contributed by atoms with Crippen molar-refractivity contribution in [2.75, 3.05) is 13.1 Å². The number of carbonyl (C=O) groups excluding carboxylic acids is 1. The van der Waals surface area contributed by atoms with E-state index in [0.29, 0.717) is 0 Å². The summed E-state index contributed by atoms with van der Waals surface area (Å²) in [6, 6.07) is 10.4. The molecule has 0 spiro atoms. The first-order chi connectivity index (χ1) is 10.3. The van der Waals surface area contributed by atoms with Gasteiger partial charge in [0.05, 0.1) is 6.04 Å². The van der Waals surface area contributed by atoms with E-state index in [-0.39, 0.29) is 12.1 Å². The Morgan fingerprint density at radius 1 is 1.32 bits per heavy atom. The summed E-state index contributed by atoms with van der Waals surface area (Å²) in [5.74, 6) is 0. The molecule has 2 rings (SSSR count). The van der Waals surface area contributed by atoms with E-state index in [2.05, 4.69) is 47.5 Å². The number of alkyl carbamates (subject to hydrolysis) is 1. The van der Waals surface area contributed by atoms with Crippen molar-refractivity contribution >= 4 is 6.09 Å². The van der Waals surface area contributed by atoms with Crippen LogP contribution in [0.15, 0.2) is 42.0 Å². The molecular formula is C18H26N2O2. The second-order valence-corrected chi connectivity index (χ2v) is 6.83. The van der Waals surface area contributed by atoms with Crippen molar-refractivity contribution < 1.29 is 9.53 Å². The topological polar surface area (TPSA) is 41.6 Å². The van der Waals surface area contributed by atoms with Crippen LogP contribution in [-0.4, -0.2) is 35.7 Å². The van der Waals surface area contributed by atoms with Crippen molar-refractivity contribution in [3.05, 3.63) is 47.5 Å². The van der Waals surface area contributed by atoms with Crippen LogP contribution in [0.4, 0.5) is 4.79 Å². The smallest absolute Gasteiger partial charge is 0.408 e. The van der Waals surface area contributed by atoms with Crippen molar-refractivity contribution in [2.45, 2.75) is 45.9 Å². The van der Waals surface area contributed by atoms with Crippen LogP contribution >= 0.6 is 0 Å². The van der Waals surface area contributed by atoms with Gasteiger partial charge in [-0.05, 0) is 33.3 Å². The van der Waals surface area contributed by atoms with Gasteiger partial charge in [0, 0.05) is 19.6 Å². The summed E-state index contributed by atoms with van der Waals surface area (Å²) in [6.07, 6.45) is 1.82. The molecule has 0 fully saturated rings. The van der Waals surface area contributed by atoms with E-state index in [1.165, 1.54) is 11.1 Å². The SMILES string of the molecule is CC1=CCN(Cc2ccccc2)C[C@H]1NC(=O)OC(C)(C)C. The molecule has 0 saturated carbocycles. The van der Waals surface area contributed by atoms with Crippen LogP contribution in [0, 0.1) is 0 Å². The summed E-state index contributed by atoms with van der Waals surface area (Å²) < 4.78 is 5.35. The maximum Gasteiger partial charge on any atom is 0.408 e. The Kier molecular flexibility index (Phi) is 5.24. The van der Waals surface area contributed by atoms with Crippen LogP contribution < -0.4 is 5.32 Å². The van der Waals surface area contributed by atoms with E-state index in [0.717, 1.165) is 19.6 Å². The Morgan fingerprint density at radius 3 is 2.64 bits per heavy atom. The summed E-state index contributed by atoms with van der Waals surface area (Å²) in [7, 11) is 0. The summed E-state index contributed by atoms with van der Waals surface area (Å²) in [5, 5.41) is 2.97. The van der Waals surface area contributed by atoms with Crippen LogP contribution in [0.1, 0.15) is 33.3 Å². The molecule has 1 aliphatic rings. The zero-order valence-electron chi connectivity index (χ0n) is 13.9. The summed E-state index contributed by atoms with van der Waals surface area (Å²) in [6.45, 7) is 10.3. The molecule has 1 aromatic rings. The van der Waals surface area contributed by atoms with Gasteiger partial charge < -0.3 is 10.1 Å². The van der Waals surface area contributed by atoms with E-state index in [9.17, 15) is 4.79 Å². The second kappa shape index (κ2) is 6.97. The average Bonchev–Trinajstić information content (AvgIpc) is 2.41. The summed E-state index contributed by atoms with van der Waals surface area (Å²) in [4.78, 5) is 14.3. The van der Waals surface area contributed by atoms with E-state index < -0.39 is 5.60 Å². The molecule has 0 saturated heterocycles. The largest absolute Gasteiger partial charge is 0.444 e. The van der Waals surface area contributed by atoms with Crippen molar-refractivity contribution in [2.24, 2.45) is 0 Å². The lowest BCUT2D eigenvalue weighted by molar-refractivity contribution is 0.0499. The molecule has 1 amide bonds. The quantitative estimate of drug-likeness (QED) is 0.871. The predicted octanol–water partition coefficient (Wildman–Crippen LogP) is 3.34. The minimum atomic E-state index is -0.472. The van der Waals surface area contributed by atoms with E-state index in [1.54, 1.807) is 0 Å². The minimum Gasteiger partial charge on any atom is -0.444 e. The van der Waals surface area contributed by atoms with Crippen LogP contribution in [0.2, 0.25) is 0 Å². The first-order valence-corrected chi connectivity index (χ1v) is 7.76. The molecule has 0 bridgehead atoms. The fraction of sp³-hybridized carbons (Fsp3) is 0.500. The van der Waals surface area contributed by atoms with E-state index in [4.69, 9.17) is 4.74 Å². The van der Waals surface area contributed by atoms with Crippen molar-refractivity contribution in [3.8, 4) is 0 Å². The first-order valence-electron chi connectivity index (χ1n) is 7.76. The molecule has 1 N–H and O–H groups in total. The number of hydrogen-bond donors (Lipinski definition) is 1. The van der Waals surface area contributed by atoms with E-state index >= 15 is 0 Å². The lowest BCUT2D eigenvalue weighted by Crippen LogP contribution is -2.48. The number of hydrogen-bond acceptors (Lipinski definition) is 3. The Labute approximate surface area is 133 Å². The summed E-state index contributed by atoms with van der Waals surface area (Å²) in [5.41, 5.74) is 2.00. The monoisotopic (exact) mass is 302 g/mol. The van der Waals surface area contributed by atoms with Gasteiger partial charge in [-0.3, -0.25) is 4.90 Å². The molecule has 1 heterocycles. The van der Waals surface area contributed by atoms with Crippen LogP contribution in [0.5, 0.6) is 0 Å². The molecule has 120 valence electrons. The van der Waals surface area contributed by atoms with Crippen LogP contribution in [0.25, 0.3) is 0 Å². The molecule has 4 heteroatoms. The number of ether oxygens (including phenoxy) is 1. The molecule has 4 nitrogen and oxygen atoms in total. The molecule has 0 unspecified atom stereocenters. The van der Waals surface area contributed by atoms with Crippen molar-refractivity contribution in [1.82, 2.24) is 10.2 Å². The number of carbonyl (C=O) groups is 1. The fourth-order valence-corrected chi connectivity index (χ4v) is 2.47. The first kappa shape index (κ1) is 16.6. The third-order valence-corrected chi connectivity index (χ3v) is 3.60. The lowest BCUT2D eigenvalue weighted by Gasteiger charge is -2.33. The van der Waals surface area contributed by atoms with Crippen LogP contribution in [-0.2, 0) is 11.3 Å². The van der Waals surface area contributed by atoms with Gasteiger partial charge in [-0.15, -0.1) is 0 Å². The Bertz CT molecular complexity index is 532. The molecule has 1 atom stereocenters. The lowest BCUT2D eigenvalue weighted by atomic mass is 10.0. The zero-order chi connectivity index (χ0) is 16.2. The molecular weight excluding hydrogens is 276 g/mol. The highest BCUT2D eigenvalue weighted by Gasteiger charge is 2.24. The number of benzene rings is 1. The highest BCUT2D eigenvalue weighted by Crippen LogP contribution is 2.15. The molecule has 0 aromatic heterocycles. The highest BCUT2D eigenvalue weighted by atomic mass is 16.6. The average molecular weight is 302 g/mol. The van der Waals surface area contributed by atoms with Crippen molar-refractivity contribution in [1.29, 1.82) is 0 Å². The number of nitrogens with one attached hydrogen (secondary N) is 1. The third kappa shape index (κ3) is 5.19. The number of nitrogens with zero attached hydrogens (tertiary/aromatic N) is 1. The van der Waals surface area contributed by atoms with Gasteiger partial charge in [-0.25, -0.2) is 4.79 Å². The molecule has 1 aliphatic heterocycles. The number of amides is 1. The summed E-state index contributed by atoms with van der Waals surface area (Å²) >= 11 is 0. The Hall–Kier alpha value is -1.81. The van der Waals surface area contributed by atoms with Crippen molar-refractivity contribution in [3.63, 3.8) is 0 Å². The van der Waals surface area contributed by atoms with Gasteiger partial charge in [0.15, 0.2) is 0 Å². The highest BCUT2D eigenvalue weighted by molar-refractivity contribution is 5.68. The van der Waals surface area contributed by atoms with Gasteiger partial charge in [0.2, 0.25) is 0 Å². The van der Waals surface area contributed by atoms with Gasteiger partial charge in [-0.1, -0.05) is 42.0 Å². The fourth-order valence-electron chi connectivity index (χ4n) is 2.47. The van der Waals surface area contributed by atoms with Crippen LogP contribution in [0.3, 0.4) is 0 Å². The zero-order valence-corrected chi connectivity index (χ0v) is 13.9. The van der Waals surface area contributed by atoms with Gasteiger partial charge in [-0.2, -0.15) is 0 Å². The Balaban J connectivity index is 1.93. The molecule has 0 aliphatic carbocycles. The second-order valence-electron chi connectivity index (χ2n) is 6.83. The van der Waals surface area contributed by atoms with Gasteiger partial charge >= 0.3 is 6.09 Å². The minimum absolute atomic E-state index is 0.00677. The van der Waals surface area contributed by atoms with E-state index in [1.807, 2.05) is 26.8 Å². The molecule has 0 radical (unpaired) electrons. The Morgan fingerprint density at radius 2 is 2.00 bits per heavy atom. The predicted molar refractivity (Wildman–Crippen MR) is 88.6 cm³/mol. The standard InChI is InChI=1S/C18H26N2O2/c1-14-10-11-20(12-15-8-6-5-7-9-15)13-16(14)19-17(21)22-18(2,3)4/h5-10,16H,11-13H2,1-4H3,(H,19,21)/t16-/m1/s1. The maximum absolute atomic E-state index is 12.0. The molecule has 22 heavy (non-hydrogen) atoms.